The Morgan fingerprint density at radius 2 is 1.77 bits per heavy atom. The van der Waals surface area contributed by atoms with Crippen molar-refractivity contribution in [1.29, 1.82) is 0 Å². The van der Waals surface area contributed by atoms with Gasteiger partial charge in [-0.05, 0) is 48.9 Å². The number of aliphatic hydroxyl groups excluding tert-OH is 1. The molecule has 4 heteroatoms. The largest absolute Gasteiger partial charge is 0.391 e. The monoisotopic (exact) mass is 304 g/mol. The van der Waals surface area contributed by atoms with Crippen LogP contribution in [-0.2, 0) is 0 Å². The van der Waals surface area contributed by atoms with Crippen LogP contribution in [0.5, 0.6) is 0 Å². The Kier molecular flexibility index (Phi) is 5.46. The second kappa shape index (κ2) is 7.14. The van der Waals surface area contributed by atoms with Crippen LogP contribution in [0.1, 0.15) is 50.4 Å². The van der Waals surface area contributed by atoms with Gasteiger partial charge in [-0.1, -0.05) is 20.8 Å². The highest BCUT2D eigenvalue weighted by Gasteiger charge is 2.22. The van der Waals surface area contributed by atoms with E-state index < -0.39 is 6.10 Å². The standard InChI is InChI=1S/C18H28N2O2/c1-18(2,3)16(21)13-19-17(22)14-7-9-15(10-8-14)20-11-5-4-6-12-20/h7-10,16,21H,4-6,11-13H2,1-3H3,(H,19,22)/t16-/m1/s1. The highest BCUT2D eigenvalue weighted by atomic mass is 16.3. The molecule has 0 spiro atoms. The summed E-state index contributed by atoms with van der Waals surface area (Å²) >= 11 is 0. The molecule has 1 heterocycles. The minimum absolute atomic E-state index is 0.131. The van der Waals surface area contributed by atoms with Crippen molar-refractivity contribution in [3.05, 3.63) is 29.8 Å². The lowest BCUT2D eigenvalue weighted by atomic mass is 9.89. The number of anilines is 1. The van der Waals surface area contributed by atoms with Gasteiger partial charge in [0.15, 0.2) is 0 Å². The molecule has 1 aliphatic heterocycles. The molecule has 0 unspecified atom stereocenters. The lowest BCUT2D eigenvalue weighted by Gasteiger charge is -2.29. The van der Waals surface area contributed by atoms with Crippen molar-refractivity contribution < 1.29 is 9.90 Å². The van der Waals surface area contributed by atoms with E-state index in [0.29, 0.717) is 5.56 Å². The minimum atomic E-state index is -0.552. The highest BCUT2D eigenvalue weighted by molar-refractivity contribution is 5.94. The Labute approximate surface area is 133 Å². The summed E-state index contributed by atoms with van der Waals surface area (Å²) in [7, 11) is 0. The predicted molar refractivity (Wildman–Crippen MR) is 90.3 cm³/mol. The summed E-state index contributed by atoms with van der Waals surface area (Å²) in [4.78, 5) is 14.5. The molecule has 1 atom stereocenters. The van der Waals surface area contributed by atoms with Gasteiger partial charge in [0, 0.05) is 30.9 Å². The molecule has 1 aliphatic rings. The fraction of sp³-hybridized carbons (Fsp3) is 0.611. The normalized spacial score (nSPS) is 17.2. The summed E-state index contributed by atoms with van der Waals surface area (Å²) in [6, 6.07) is 7.76. The Bertz CT molecular complexity index is 485. The van der Waals surface area contributed by atoms with E-state index in [2.05, 4.69) is 10.2 Å². The predicted octanol–water partition coefficient (Wildman–Crippen LogP) is 2.81. The first-order valence-electron chi connectivity index (χ1n) is 8.19. The minimum Gasteiger partial charge on any atom is -0.391 e. The molecule has 0 aromatic heterocycles. The summed E-state index contributed by atoms with van der Waals surface area (Å²) < 4.78 is 0. The average Bonchev–Trinajstić information content (AvgIpc) is 2.52. The first-order valence-corrected chi connectivity index (χ1v) is 8.19. The van der Waals surface area contributed by atoms with Gasteiger partial charge in [0.1, 0.15) is 0 Å². The number of piperidine rings is 1. The molecule has 22 heavy (non-hydrogen) atoms. The number of nitrogens with one attached hydrogen (secondary N) is 1. The van der Waals surface area contributed by atoms with Crippen molar-refractivity contribution in [2.45, 2.75) is 46.1 Å². The van der Waals surface area contributed by atoms with Crippen LogP contribution in [0.2, 0.25) is 0 Å². The fourth-order valence-corrected chi connectivity index (χ4v) is 2.57. The summed E-state index contributed by atoms with van der Waals surface area (Å²) in [5, 5.41) is 12.8. The van der Waals surface area contributed by atoms with Crippen LogP contribution < -0.4 is 10.2 Å². The van der Waals surface area contributed by atoms with Crippen LogP contribution in [0, 0.1) is 5.41 Å². The van der Waals surface area contributed by atoms with Gasteiger partial charge < -0.3 is 15.3 Å². The van der Waals surface area contributed by atoms with E-state index >= 15 is 0 Å². The molecule has 0 bridgehead atoms. The van der Waals surface area contributed by atoms with Crippen LogP contribution in [0.3, 0.4) is 0 Å². The van der Waals surface area contributed by atoms with Gasteiger partial charge in [-0.3, -0.25) is 4.79 Å². The molecule has 1 aromatic rings. The molecule has 1 saturated heterocycles. The summed E-state index contributed by atoms with van der Waals surface area (Å²) in [6.45, 7) is 8.34. The van der Waals surface area contributed by atoms with Gasteiger partial charge in [-0.15, -0.1) is 0 Å². The molecular weight excluding hydrogens is 276 g/mol. The Morgan fingerprint density at radius 1 is 1.18 bits per heavy atom. The van der Waals surface area contributed by atoms with Gasteiger partial charge in [-0.2, -0.15) is 0 Å². The molecule has 4 nitrogen and oxygen atoms in total. The Balaban J connectivity index is 1.90. The van der Waals surface area contributed by atoms with Crippen LogP contribution in [0.15, 0.2) is 24.3 Å². The number of hydrogen-bond donors (Lipinski definition) is 2. The number of hydrogen-bond acceptors (Lipinski definition) is 3. The second-order valence-corrected chi connectivity index (χ2v) is 7.19. The van der Waals surface area contributed by atoms with E-state index in [1.54, 1.807) is 0 Å². The fourth-order valence-electron chi connectivity index (χ4n) is 2.57. The lowest BCUT2D eigenvalue weighted by molar-refractivity contribution is 0.0587. The Hall–Kier alpha value is -1.55. The zero-order valence-electron chi connectivity index (χ0n) is 13.9. The molecule has 0 radical (unpaired) electrons. The first kappa shape index (κ1) is 16.8. The van der Waals surface area contributed by atoms with E-state index in [0.717, 1.165) is 13.1 Å². The van der Waals surface area contributed by atoms with Gasteiger partial charge >= 0.3 is 0 Å². The molecule has 1 amide bonds. The summed E-state index contributed by atoms with van der Waals surface area (Å²) in [5.74, 6) is -0.131. The summed E-state index contributed by atoms with van der Waals surface area (Å²) in [5.41, 5.74) is 1.60. The average molecular weight is 304 g/mol. The maximum absolute atomic E-state index is 12.1. The SMILES string of the molecule is CC(C)(C)[C@H](O)CNC(=O)c1ccc(N2CCCCC2)cc1. The van der Waals surface area contributed by atoms with Crippen molar-refractivity contribution >= 4 is 11.6 Å². The number of amides is 1. The molecule has 0 aliphatic carbocycles. The second-order valence-electron chi connectivity index (χ2n) is 7.19. The van der Waals surface area contributed by atoms with E-state index in [1.165, 1.54) is 24.9 Å². The summed E-state index contributed by atoms with van der Waals surface area (Å²) in [6.07, 6.45) is 3.25. The van der Waals surface area contributed by atoms with Crippen molar-refractivity contribution in [3.63, 3.8) is 0 Å². The van der Waals surface area contributed by atoms with E-state index in [-0.39, 0.29) is 17.9 Å². The molecule has 122 valence electrons. The van der Waals surface area contributed by atoms with E-state index in [4.69, 9.17) is 0 Å². The number of carbonyl (C=O) groups is 1. The maximum atomic E-state index is 12.1. The molecule has 1 aromatic carbocycles. The topological polar surface area (TPSA) is 52.6 Å². The van der Waals surface area contributed by atoms with Crippen molar-refractivity contribution in [3.8, 4) is 0 Å². The molecule has 0 saturated carbocycles. The van der Waals surface area contributed by atoms with Crippen molar-refractivity contribution in [2.75, 3.05) is 24.5 Å². The molecule has 1 fully saturated rings. The van der Waals surface area contributed by atoms with Crippen LogP contribution in [-0.4, -0.2) is 36.8 Å². The smallest absolute Gasteiger partial charge is 0.251 e. The first-order chi connectivity index (χ1) is 10.4. The van der Waals surface area contributed by atoms with Crippen molar-refractivity contribution in [2.24, 2.45) is 5.41 Å². The molecule has 2 N–H and O–H groups in total. The zero-order chi connectivity index (χ0) is 16.2. The van der Waals surface area contributed by atoms with Gasteiger partial charge in [0.05, 0.1) is 6.10 Å². The van der Waals surface area contributed by atoms with Gasteiger partial charge in [0.25, 0.3) is 5.91 Å². The third kappa shape index (κ3) is 4.47. The van der Waals surface area contributed by atoms with Crippen LogP contribution in [0.25, 0.3) is 0 Å². The Morgan fingerprint density at radius 3 is 2.32 bits per heavy atom. The number of rotatable bonds is 4. The number of aliphatic hydroxyl groups is 1. The number of carbonyl (C=O) groups excluding carboxylic acids is 1. The van der Waals surface area contributed by atoms with Crippen molar-refractivity contribution in [1.82, 2.24) is 5.32 Å². The number of nitrogens with zero attached hydrogens (tertiary/aromatic N) is 1. The van der Waals surface area contributed by atoms with Gasteiger partial charge in [0.2, 0.25) is 0 Å². The third-order valence-electron chi connectivity index (χ3n) is 4.31. The van der Waals surface area contributed by atoms with Gasteiger partial charge in [-0.25, -0.2) is 0 Å². The quantitative estimate of drug-likeness (QED) is 0.899. The molecular formula is C18H28N2O2. The lowest BCUT2D eigenvalue weighted by Crippen LogP contribution is -2.39. The number of benzene rings is 1. The molecule has 2 rings (SSSR count). The van der Waals surface area contributed by atoms with E-state index in [9.17, 15) is 9.90 Å². The van der Waals surface area contributed by atoms with Crippen LogP contribution >= 0.6 is 0 Å². The van der Waals surface area contributed by atoms with Crippen LogP contribution in [0.4, 0.5) is 5.69 Å². The maximum Gasteiger partial charge on any atom is 0.251 e. The third-order valence-corrected chi connectivity index (χ3v) is 4.31. The highest BCUT2D eigenvalue weighted by Crippen LogP contribution is 2.21. The zero-order valence-corrected chi connectivity index (χ0v) is 13.9. The van der Waals surface area contributed by atoms with E-state index in [1.807, 2.05) is 45.0 Å².